The maximum absolute atomic E-state index is 9.21. The molecule has 0 saturated carbocycles. The summed E-state index contributed by atoms with van der Waals surface area (Å²) in [6.45, 7) is 11.9. The molecule has 110 valence electrons. The van der Waals surface area contributed by atoms with Crippen LogP contribution in [0.1, 0.15) is 40.0 Å². The van der Waals surface area contributed by atoms with Crippen LogP contribution in [0.15, 0.2) is 0 Å². The Kier molecular flexibility index (Phi) is 6.78. The Morgan fingerprint density at radius 1 is 1.37 bits per heavy atom. The van der Waals surface area contributed by atoms with Crippen molar-refractivity contribution < 1.29 is 0 Å². The van der Waals surface area contributed by atoms with E-state index in [-0.39, 0.29) is 5.54 Å². The number of nitrogens with one attached hydrogen (secondary N) is 1. The van der Waals surface area contributed by atoms with Crippen LogP contribution >= 0.6 is 0 Å². The van der Waals surface area contributed by atoms with Gasteiger partial charge in [0.25, 0.3) is 0 Å². The summed E-state index contributed by atoms with van der Waals surface area (Å²) < 4.78 is 0. The minimum absolute atomic E-state index is 0.345. The van der Waals surface area contributed by atoms with Crippen LogP contribution in [0.5, 0.6) is 0 Å². The fourth-order valence-electron chi connectivity index (χ4n) is 2.88. The van der Waals surface area contributed by atoms with Gasteiger partial charge < -0.3 is 4.90 Å². The van der Waals surface area contributed by atoms with Crippen LogP contribution in [0.2, 0.25) is 0 Å². The van der Waals surface area contributed by atoms with Gasteiger partial charge in [0.05, 0.1) is 6.07 Å². The summed E-state index contributed by atoms with van der Waals surface area (Å²) in [6.07, 6.45) is 3.26. The molecule has 0 spiro atoms. The third-order valence-electron chi connectivity index (χ3n) is 4.15. The lowest BCUT2D eigenvalue weighted by Crippen LogP contribution is -2.50. The van der Waals surface area contributed by atoms with E-state index in [0.717, 1.165) is 19.4 Å². The van der Waals surface area contributed by atoms with Gasteiger partial charge in [-0.25, -0.2) is 0 Å². The van der Waals surface area contributed by atoms with Crippen LogP contribution < -0.4 is 5.32 Å². The second kappa shape index (κ2) is 7.84. The van der Waals surface area contributed by atoms with Gasteiger partial charge in [0, 0.05) is 25.7 Å². The quantitative estimate of drug-likeness (QED) is 0.712. The first-order valence-electron chi connectivity index (χ1n) is 7.59. The van der Waals surface area contributed by atoms with E-state index in [1.807, 2.05) is 6.92 Å². The lowest BCUT2D eigenvalue weighted by molar-refractivity contribution is 0.0980. The molecule has 0 bridgehead atoms. The van der Waals surface area contributed by atoms with Gasteiger partial charge in [0.2, 0.25) is 0 Å². The van der Waals surface area contributed by atoms with Crippen molar-refractivity contribution >= 4 is 0 Å². The minimum atomic E-state index is -0.345. The van der Waals surface area contributed by atoms with Crippen LogP contribution in [0.3, 0.4) is 0 Å². The van der Waals surface area contributed by atoms with Gasteiger partial charge in [0.15, 0.2) is 0 Å². The number of hydrogen-bond acceptors (Lipinski definition) is 4. The molecule has 0 aromatic heterocycles. The summed E-state index contributed by atoms with van der Waals surface area (Å²) in [5, 5.41) is 12.5. The van der Waals surface area contributed by atoms with Crippen molar-refractivity contribution in [3.63, 3.8) is 0 Å². The molecule has 0 radical (unpaired) electrons. The van der Waals surface area contributed by atoms with Crippen LogP contribution in [0, 0.1) is 11.3 Å². The van der Waals surface area contributed by atoms with Gasteiger partial charge in [-0.3, -0.25) is 10.2 Å². The highest BCUT2D eigenvalue weighted by Gasteiger charge is 2.23. The van der Waals surface area contributed by atoms with Crippen molar-refractivity contribution in [2.75, 3.05) is 39.8 Å². The molecule has 1 heterocycles. The Balaban J connectivity index is 2.22. The molecule has 0 aliphatic carbocycles. The van der Waals surface area contributed by atoms with Crippen molar-refractivity contribution in [2.24, 2.45) is 0 Å². The number of rotatable bonds is 7. The van der Waals surface area contributed by atoms with E-state index < -0.39 is 0 Å². The van der Waals surface area contributed by atoms with E-state index in [4.69, 9.17) is 0 Å². The van der Waals surface area contributed by atoms with Crippen molar-refractivity contribution in [3.05, 3.63) is 0 Å². The third-order valence-corrected chi connectivity index (χ3v) is 4.15. The second-order valence-corrected chi connectivity index (χ2v) is 6.08. The first-order chi connectivity index (χ1) is 9.00. The van der Waals surface area contributed by atoms with Crippen molar-refractivity contribution in [3.8, 4) is 6.07 Å². The number of nitrogens with zero attached hydrogens (tertiary/aromatic N) is 3. The van der Waals surface area contributed by atoms with Gasteiger partial charge in [-0.15, -0.1) is 0 Å². The lowest BCUT2D eigenvalue weighted by atomic mass is 9.96. The average molecular weight is 266 g/mol. The molecule has 2 atom stereocenters. The van der Waals surface area contributed by atoms with E-state index in [2.05, 4.69) is 42.1 Å². The number of nitriles is 1. The zero-order chi connectivity index (χ0) is 14.3. The minimum Gasteiger partial charge on any atom is -0.304 e. The molecule has 1 saturated heterocycles. The maximum Gasteiger partial charge on any atom is 0.103 e. The largest absolute Gasteiger partial charge is 0.304 e. The van der Waals surface area contributed by atoms with E-state index in [0.29, 0.717) is 6.04 Å². The molecule has 1 N–H and O–H groups in total. The molecular formula is C15H30N4. The monoisotopic (exact) mass is 266 g/mol. The number of hydrogen-bond donors (Lipinski definition) is 1. The van der Waals surface area contributed by atoms with Crippen LogP contribution in [0.25, 0.3) is 0 Å². The zero-order valence-corrected chi connectivity index (χ0v) is 13.1. The van der Waals surface area contributed by atoms with Gasteiger partial charge in [-0.2, -0.15) is 5.26 Å². The molecule has 19 heavy (non-hydrogen) atoms. The van der Waals surface area contributed by atoms with Crippen molar-refractivity contribution in [2.45, 2.75) is 51.6 Å². The van der Waals surface area contributed by atoms with E-state index >= 15 is 0 Å². The lowest BCUT2D eigenvalue weighted by Gasteiger charge is -2.38. The molecule has 0 amide bonds. The van der Waals surface area contributed by atoms with Crippen LogP contribution in [0.4, 0.5) is 0 Å². The first-order valence-corrected chi connectivity index (χ1v) is 7.59. The maximum atomic E-state index is 9.21. The predicted octanol–water partition coefficient (Wildman–Crippen LogP) is 1.68. The van der Waals surface area contributed by atoms with E-state index in [9.17, 15) is 5.26 Å². The highest BCUT2D eigenvalue weighted by atomic mass is 15.3. The summed E-state index contributed by atoms with van der Waals surface area (Å²) in [5.74, 6) is 0. The summed E-state index contributed by atoms with van der Waals surface area (Å²) in [4.78, 5) is 4.98. The second-order valence-electron chi connectivity index (χ2n) is 6.08. The van der Waals surface area contributed by atoms with Crippen molar-refractivity contribution in [1.82, 2.24) is 15.1 Å². The fourth-order valence-corrected chi connectivity index (χ4v) is 2.88. The smallest absolute Gasteiger partial charge is 0.103 e. The topological polar surface area (TPSA) is 42.3 Å². The Hall–Kier alpha value is -0.630. The highest BCUT2D eigenvalue weighted by Crippen LogP contribution is 2.14. The molecule has 1 aliphatic rings. The summed E-state index contributed by atoms with van der Waals surface area (Å²) in [6, 6.07) is 3.06. The molecular weight excluding hydrogens is 236 g/mol. The Bertz CT molecular complexity index is 299. The number of unbranched alkanes of at least 4 members (excludes halogenated alkanes) is 1. The zero-order valence-electron chi connectivity index (χ0n) is 13.1. The van der Waals surface area contributed by atoms with Crippen LogP contribution in [-0.2, 0) is 0 Å². The molecule has 2 unspecified atom stereocenters. The standard InChI is InChI=1S/C15H30N4/c1-5-17-15(3,13-16)8-6-7-9-19-11-10-18(4)12-14(19)2/h14,17H,5-12H2,1-4H3. The van der Waals surface area contributed by atoms with Crippen LogP contribution in [-0.4, -0.2) is 61.2 Å². The third kappa shape index (κ3) is 5.48. The molecule has 1 fully saturated rings. The van der Waals surface area contributed by atoms with Gasteiger partial charge in [0.1, 0.15) is 5.54 Å². The van der Waals surface area contributed by atoms with Crippen molar-refractivity contribution in [1.29, 1.82) is 5.26 Å². The van der Waals surface area contributed by atoms with E-state index in [1.165, 1.54) is 32.6 Å². The Morgan fingerprint density at radius 3 is 2.68 bits per heavy atom. The van der Waals surface area contributed by atoms with Gasteiger partial charge in [-0.1, -0.05) is 6.92 Å². The number of piperazine rings is 1. The normalized spacial score (nSPS) is 24.9. The predicted molar refractivity (Wildman–Crippen MR) is 80.1 cm³/mol. The molecule has 1 rings (SSSR count). The first kappa shape index (κ1) is 16.4. The Morgan fingerprint density at radius 2 is 2.11 bits per heavy atom. The fraction of sp³-hybridized carbons (Fsp3) is 0.933. The molecule has 0 aromatic carbocycles. The molecule has 1 aliphatic heterocycles. The molecule has 4 nitrogen and oxygen atoms in total. The van der Waals surface area contributed by atoms with E-state index in [1.54, 1.807) is 0 Å². The summed E-state index contributed by atoms with van der Waals surface area (Å²) in [7, 11) is 2.20. The average Bonchev–Trinajstić information content (AvgIpc) is 2.37. The SMILES string of the molecule is CCNC(C)(C#N)CCCCN1CCN(C)CC1C. The van der Waals surface area contributed by atoms with Gasteiger partial charge in [-0.05, 0) is 53.2 Å². The molecule has 0 aromatic rings. The molecule has 4 heteroatoms. The van der Waals surface area contributed by atoms with Gasteiger partial charge >= 0.3 is 0 Å². The number of likely N-dealkylation sites (N-methyl/N-ethyl adjacent to an activating group) is 1. The highest BCUT2D eigenvalue weighted by molar-refractivity contribution is 5.03. The Labute approximate surface area is 118 Å². The summed E-state index contributed by atoms with van der Waals surface area (Å²) in [5.41, 5.74) is -0.345. The summed E-state index contributed by atoms with van der Waals surface area (Å²) >= 11 is 0.